The van der Waals surface area contributed by atoms with Gasteiger partial charge in [-0.3, -0.25) is 4.99 Å². The summed E-state index contributed by atoms with van der Waals surface area (Å²) in [5, 5.41) is 3.46. The van der Waals surface area contributed by atoms with E-state index in [1.165, 1.54) is 17.8 Å². The third kappa shape index (κ3) is 5.63. The topological polar surface area (TPSA) is 51.9 Å². The summed E-state index contributed by atoms with van der Waals surface area (Å²) < 4.78 is 15.3. The van der Waals surface area contributed by atoms with Gasteiger partial charge in [0.25, 0.3) is 0 Å². The second-order valence-electron chi connectivity index (χ2n) is 8.34. The number of benzene rings is 1. The Bertz CT molecular complexity index is 1070. The van der Waals surface area contributed by atoms with Crippen molar-refractivity contribution in [2.75, 3.05) is 50.1 Å². The second-order valence-corrected chi connectivity index (χ2v) is 8.34. The lowest BCUT2D eigenvalue weighted by Crippen LogP contribution is -2.46. The van der Waals surface area contributed by atoms with Crippen molar-refractivity contribution in [1.82, 2.24) is 19.8 Å². The maximum absolute atomic E-state index is 13.2. The number of anilines is 2. The maximum atomic E-state index is 13.2. The predicted octanol–water partition coefficient (Wildman–Crippen LogP) is 3.09. The van der Waals surface area contributed by atoms with Gasteiger partial charge in [0.2, 0.25) is 0 Å². The van der Waals surface area contributed by atoms with Crippen LogP contribution in [-0.2, 0) is 20.1 Å². The third-order valence-electron chi connectivity index (χ3n) is 6.08. The highest BCUT2D eigenvalue weighted by Crippen LogP contribution is 2.20. The zero-order chi connectivity index (χ0) is 23.2. The number of hydrogen-bond donors (Lipinski definition) is 1. The van der Waals surface area contributed by atoms with E-state index in [0.717, 1.165) is 55.8 Å². The van der Waals surface area contributed by atoms with E-state index in [1.807, 2.05) is 38.5 Å². The number of aliphatic imine (C=N–C) groups is 1. The molecule has 0 atom stereocenters. The number of guanidine groups is 1. The zero-order valence-electron chi connectivity index (χ0n) is 19.6. The van der Waals surface area contributed by atoms with E-state index in [2.05, 4.69) is 66.0 Å². The number of nitrogens with zero attached hydrogens (tertiary/aromatic N) is 6. The van der Waals surface area contributed by atoms with Crippen molar-refractivity contribution in [3.8, 4) is 0 Å². The molecule has 8 heteroatoms. The van der Waals surface area contributed by atoms with Crippen molar-refractivity contribution in [2.45, 2.75) is 13.1 Å². The number of aromatic nitrogens is 2. The molecule has 174 valence electrons. The van der Waals surface area contributed by atoms with Crippen molar-refractivity contribution in [1.29, 1.82) is 0 Å². The largest absolute Gasteiger partial charge is 0.368 e. The number of hydrogen-bond acceptors (Lipinski definition) is 4. The normalized spacial score (nSPS) is 14.5. The Morgan fingerprint density at radius 3 is 2.48 bits per heavy atom. The first-order chi connectivity index (χ1) is 16.0. The Hall–Kier alpha value is -3.55. The Morgan fingerprint density at radius 2 is 1.82 bits per heavy atom. The molecule has 0 amide bonds. The number of piperazine rings is 1. The van der Waals surface area contributed by atoms with Crippen molar-refractivity contribution >= 4 is 17.5 Å². The molecular weight excluding hydrogens is 417 g/mol. The van der Waals surface area contributed by atoms with Crippen LogP contribution in [0.4, 0.5) is 15.9 Å². The Morgan fingerprint density at radius 1 is 1.09 bits per heavy atom. The van der Waals surface area contributed by atoms with E-state index < -0.39 is 0 Å². The molecular formula is C25H32FN7. The molecule has 4 rings (SSSR count). The van der Waals surface area contributed by atoms with Crippen LogP contribution in [0.15, 0.2) is 65.9 Å². The number of nitrogens with one attached hydrogen (secondary N) is 1. The molecule has 1 saturated heterocycles. The first kappa shape index (κ1) is 22.6. The number of pyridine rings is 1. The molecule has 0 bridgehead atoms. The molecule has 3 aromatic rings. The van der Waals surface area contributed by atoms with E-state index in [4.69, 9.17) is 0 Å². The van der Waals surface area contributed by atoms with Crippen LogP contribution in [0.1, 0.15) is 11.3 Å². The van der Waals surface area contributed by atoms with Gasteiger partial charge in [-0.25, -0.2) is 9.37 Å². The molecule has 1 aromatic carbocycles. The molecule has 2 aromatic heterocycles. The maximum Gasteiger partial charge on any atom is 0.194 e. The van der Waals surface area contributed by atoms with Crippen molar-refractivity contribution in [3.05, 3.63) is 78.0 Å². The molecule has 1 N–H and O–H groups in total. The fourth-order valence-corrected chi connectivity index (χ4v) is 4.13. The van der Waals surface area contributed by atoms with E-state index >= 15 is 0 Å². The molecule has 1 aliphatic rings. The van der Waals surface area contributed by atoms with Crippen molar-refractivity contribution in [3.63, 3.8) is 0 Å². The minimum absolute atomic E-state index is 0.200. The summed E-state index contributed by atoms with van der Waals surface area (Å²) in [6.07, 6.45) is 3.92. The van der Waals surface area contributed by atoms with Gasteiger partial charge in [0.1, 0.15) is 11.6 Å². The van der Waals surface area contributed by atoms with Crippen LogP contribution in [-0.4, -0.2) is 60.7 Å². The van der Waals surface area contributed by atoms with Gasteiger partial charge in [-0.15, -0.1) is 0 Å². The first-order valence-corrected chi connectivity index (χ1v) is 11.3. The second kappa shape index (κ2) is 10.4. The Labute approximate surface area is 195 Å². The highest BCUT2D eigenvalue weighted by molar-refractivity contribution is 5.79. The monoisotopic (exact) mass is 449 g/mol. The lowest BCUT2D eigenvalue weighted by atomic mass is 10.2. The number of aryl methyl sites for hydroxylation is 1. The third-order valence-corrected chi connectivity index (χ3v) is 6.08. The van der Waals surface area contributed by atoms with E-state index in [-0.39, 0.29) is 5.82 Å². The zero-order valence-corrected chi connectivity index (χ0v) is 19.6. The van der Waals surface area contributed by atoms with E-state index in [0.29, 0.717) is 6.54 Å². The lowest BCUT2D eigenvalue weighted by Gasteiger charge is -2.36. The van der Waals surface area contributed by atoms with Gasteiger partial charge in [0.05, 0.1) is 6.54 Å². The average Bonchev–Trinajstić information content (AvgIpc) is 3.24. The highest BCUT2D eigenvalue weighted by atomic mass is 19.1. The van der Waals surface area contributed by atoms with Gasteiger partial charge >= 0.3 is 0 Å². The summed E-state index contributed by atoms with van der Waals surface area (Å²) in [5.74, 6) is 1.64. The Kier molecular flexibility index (Phi) is 7.12. The van der Waals surface area contributed by atoms with E-state index in [9.17, 15) is 4.39 Å². The number of halogens is 1. The average molecular weight is 450 g/mol. The molecule has 33 heavy (non-hydrogen) atoms. The summed E-state index contributed by atoms with van der Waals surface area (Å²) in [5.41, 5.74) is 3.45. The molecule has 0 unspecified atom stereocenters. The first-order valence-electron chi connectivity index (χ1n) is 11.3. The fourth-order valence-electron chi connectivity index (χ4n) is 4.13. The van der Waals surface area contributed by atoms with Gasteiger partial charge in [-0.1, -0.05) is 0 Å². The van der Waals surface area contributed by atoms with Gasteiger partial charge < -0.3 is 24.6 Å². The molecule has 1 aliphatic heterocycles. The van der Waals surface area contributed by atoms with Crippen LogP contribution in [0.3, 0.4) is 0 Å². The smallest absolute Gasteiger partial charge is 0.194 e. The van der Waals surface area contributed by atoms with Gasteiger partial charge in [0.15, 0.2) is 5.96 Å². The molecule has 1 fully saturated rings. The summed E-state index contributed by atoms with van der Waals surface area (Å²) in [7, 11) is 5.90. The quantitative estimate of drug-likeness (QED) is 0.463. The minimum Gasteiger partial charge on any atom is -0.368 e. The number of rotatable bonds is 6. The summed E-state index contributed by atoms with van der Waals surface area (Å²) >= 11 is 0. The van der Waals surface area contributed by atoms with Gasteiger partial charge in [-0.2, -0.15) is 0 Å². The molecule has 0 aliphatic carbocycles. The van der Waals surface area contributed by atoms with Crippen molar-refractivity contribution in [2.24, 2.45) is 12.0 Å². The van der Waals surface area contributed by atoms with Crippen LogP contribution in [0.25, 0.3) is 0 Å². The van der Waals surface area contributed by atoms with Crippen molar-refractivity contribution < 1.29 is 4.39 Å². The van der Waals surface area contributed by atoms with Gasteiger partial charge in [-0.05, 0) is 54.1 Å². The fraction of sp³-hybridized carbons (Fsp3) is 0.360. The Balaban J connectivity index is 1.32. The van der Waals surface area contributed by atoms with E-state index in [1.54, 1.807) is 0 Å². The molecule has 3 heterocycles. The SMILES string of the molecule is CN=C(NCc1ccnc(N2CCN(c3ccc(F)cc3)CC2)c1)N(C)Cc1cccn1C. The predicted molar refractivity (Wildman–Crippen MR) is 132 cm³/mol. The highest BCUT2D eigenvalue weighted by Gasteiger charge is 2.19. The molecule has 0 radical (unpaired) electrons. The van der Waals surface area contributed by atoms with Crippen LogP contribution >= 0.6 is 0 Å². The van der Waals surface area contributed by atoms with Gasteiger partial charge in [0, 0.05) is 77.6 Å². The standard InChI is InChI=1S/C25H32FN7/c1-27-25(31(3)19-23-5-4-12-30(23)2)29-18-20-10-11-28-24(17-20)33-15-13-32(14-16-33)22-8-6-21(26)7-9-22/h4-12,17H,13-16,18-19H2,1-3H3,(H,27,29). The summed E-state index contributed by atoms with van der Waals surface area (Å²) in [6, 6.07) is 15.1. The lowest BCUT2D eigenvalue weighted by molar-refractivity contribution is 0.461. The van der Waals surface area contributed by atoms with Crippen LogP contribution < -0.4 is 15.1 Å². The van der Waals surface area contributed by atoms with Crippen LogP contribution in [0.2, 0.25) is 0 Å². The summed E-state index contributed by atoms with van der Waals surface area (Å²) in [6.45, 7) is 4.97. The molecule has 0 saturated carbocycles. The van der Waals surface area contributed by atoms with Crippen LogP contribution in [0.5, 0.6) is 0 Å². The minimum atomic E-state index is -0.200. The molecule has 0 spiro atoms. The van der Waals surface area contributed by atoms with Crippen LogP contribution in [0, 0.1) is 5.82 Å². The molecule has 7 nitrogen and oxygen atoms in total. The summed E-state index contributed by atoms with van der Waals surface area (Å²) in [4.78, 5) is 15.7.